The highest BCUT2D eigenvalue weighted by atomic mass is 16.6. The van der Waals surface area contributed by atoms with E-state index in [4.69, 9.17) is 49.4 Å². The SMILES string of the molecule is CO[C@H]1CC2CCCC(O2)C(=O)C(=O)N2CCCC[C@H]2C(=O)O[C@H](CC[C@H]2CC[C@H](OC(=O)NCc3cnc(N4CCN(c5ncc(C(=O)NCCOCCOCCC(=O)N6CCc7cc(Cn8nc(-c9ccc%10oc(N)nc%10c9)c9c(N)ncnc98)ccc7C6)cn5)CC4)nc3)CC2)CC(=O)[C@H](C)/C=C(\C)[C@@H](O)CC(=O)[C@H](C)C[C@H](C)/C=C/C=C/C=C/1C. The molecular weight excluding hydrogens is 1590 g/mol. The van der Waals surface area contributed by atoms with Crippen LogP contribution >= 0.6 is 0 Å². The molecule has 124 heavy (non-hydrogen) atoms. The van der Waals surface area contributed by atoms with Gasteiger partial charge in [-0.2, -0.15) is 10.1 Å². The number of aromatic nitrogens is 9. The lowest BCUT2D eigenvalue weighted by Gasteiger charge is -2.36. The summed E-state index contributed by atoms with van der Waals surface area (Å²) in [5, 5.41) is 22.5. The van der Waals surface area contributed by atoms with Crippen molar-refractivity contribution in [2.75, 3.05) is 101 Å². The van der Waals surface area contributed by atoms with Crippen molar-refractivity contribution in [2.24, 2.45) is 23.7 Å². The third-order valence-electron chi connectivity index (χ3n) is 24.5. The summed E-state index contributed by atoms with van der Waals surface area (Å²) in [5.74, 6) is -2.20. The largest absolute Gasteiger partial charge is 0.460 e. The minimum absolute atomic E-state index is 0.0112. The van der Waals surface area contributed by atoms with Crippen LogP contribution in [-0.4, -0.2) is 229 Å². The Labute approximate surface area is 721 Å². The number of aliphatic hydroxyl groups is 1. The molecule has 0 spiro atoms. The number of nitrogens with zero attached hydrogens (tertiary/aromatic N) is 13. The normalized spacial score (nSPS) is 25.3. The number of Topliss-reactive ketones (excluding diaryl/α,β-unsaturated/α-hetero) is 3. The first kappa shape index (κ1) is 90.5. The van der Waals surface area contributed by atoms with E-state index in [0.717, 1.165) is 35.1 Å². The second kappa shape index (κ2) is 43.4. The summed E-state index contributed by atoms with van der Waals surface area (Å²) in [7, 11) is 1.63. The lowest BCUT2D eigenvalue weighted by molar-refractivity contribution is -0.167. The van der Waals surface area contributed by atoms with E-state index in [0.29, 0.717) is 192 Å². The number of nitrogen functional groups attached to an aromatic ring is 2. The number of ether oxygens (including phenoxy) is 6. The van der Waals surface area contributed by atoms with E-state index < -0.39 is 54.0 Å². The second-order valence-corrected chi connectivity index (χ2v) is 33.6. The molecule has 7 aromatic rings. The van der Waals surface area contributed by atoms with E-state index in [1.165, 1.54) is 29.2 Å². The number of oxazole rings is 1. The first-order chi connectivity index (χ1) is 60.0. The number of cyclic esters (lactones) is 1. The van der Waals surface area contributed by atoms with Crippen LogP contribution in [0.3, 0.4) is 0 Å². The average Bonchev–Trinajstić information content (AvgIpc) is 1.60. The lowest BCUT2D eigenvalue weighted by Crippen LogP contribution is -2.54. The number of piperidine rings is 1. The van der Waals surface area contributed by atoms with Crippen molar-refractivity contribution >= 4 is 93.0 Å². The van der Waals surface area contributed by atoms with Crippen molar-refractivity contribution in [2.45, 2.75) is 212 Å². The van der Waals surface area contributed by atoms with E-state index in [2.05, 4.69) is 62.6 Å². The highest BCUT2D eigenvalue weighted by Crippen LogP contribution is 2.36. The number of ketones is 3. The molecule has 2 bridgehead atoms. The number of nitrogens with one attached hydrogen (secondary N) is 2. The summed E-state index contributed by atoms with van der Waals surface area (Å²) >= 11 is 0. The zero-order chi connectivity index (χ0) is 87.3. The van der Waals surface area contributed by atoms with Crippen LogP contribution in [0.15, 0.2) is 120 Å². The first-order valence-electron chi connectivity index (χ1n) is 43.7. The number of piperazine rings is 1. The second-order valence-electron chi connectivity index (χ2n) is 33.6. The maximum Gasteiger partial charge on any atom is 0.407 e. The number of benzene rings is 2. The van der Waals surface area contributed by atoms with Crippen LogP contribution in [0.5, 0.6) is 0 Å². The summed E-state index contributed by atoms with van der Waals surface area (Å²) in [6.45, 7) is 14.9. The molecule has 1 aliphatic carbocycles. The van der Waals surface area contributed by atoms with E-state index >= 15 is 0 Å². The molecule has 10 heterocycles. The molecule has 0 radical (unpaired) electrons. The summed E-state index contributed by atoms with van der Waals surface area (Å²) < 4.78 is 43.2. The van der Waals surface area contributed by atoms with Gasteiger partial charge >= 0.3 is 12.1 Å². The molecule has 4 amide bonds. The van der Waals surface area contributed by atoms with Crippen molar-refractivity contribution in [3.8, 4) is 11.3 Å². The fourth-order valence-electron chi connectivity index (χ4n) is 17.2. The standard InChI is InChI=1S/C91H117N17O16/c1-56-13-8-7-9-14-57(2)78(118-6)46-69-15-12-17-77(121-69)82(113)86(115)107-31-11-10-16-72(107)87(116)122-70(45-73(109)59(4)42-60(5)75(111)47-74(110)58(3)41-56)26-21-61-19-24-68(25-20-61)123-91(117)99-50-63-48-95-89(96-49-63)104-33-35-105(36-34-104)90-97-51-67(52-98-90)85(114)94-30-38-120-40-39-119-37-29-79(112)106-32-28-64-43-62(18-22-66(64)54-106)53-108-84-80(83(92)100-55-101-84)81(103-108)65-23-27-76-71(44-65)102-88(93)124-76/h7-9,13-14,18,22-23,27,42-44,48-49,51-52,55-56,58-59,61,68-70,72,75,77-78,111H,10-12,15-17,19-21,24-26,28-41,45-47,50,53-54H2,1-6H3,(H2,93,102)(H,94,114)(H,99,117)(H2,92,100,101)/b9-7+,13-8+,57-14+,60-42+/t56-,58-,59-,61-,68-,69?,70-,72+,75+,77?,78+/m1/s1. The Balaban J connectivity index is 0.498. The van der Waals surface area contributed by atoms with Crippen LogP contribution in [-0.2, 0) is 83.2 Å². The smallest absolute Gasteiger partial charge is 0.407 e. The summed E-state index contributed by atoms with van der Waals surface area (Å²) in [6, 6.07) is 10.8. The summed E-state index contributed by atoms with van der Waals surface area (Å²) in [6.07, 6.45) is 23.4. The number of allylic oxidation sites excluding steroid dienone is 6. The molecule has 7 N–H and O–H groups in total. The quantitative estimate of drug-likeness (QED) is 0.0182. The number of nitrogens with two attached hydrogens (primary N) is 2. The Hall–Kier alpha value is -11.3. The van der Waals surface area contributed by atoms with Gasteiger partial charge in [0.25, 0.3) is 17.8 Å². The Kier molecular flexibility index (Phi) is 31.6. The van der Waals surface area contributed by atoms with Crippen LogP contribution in [0.2, 0.25) is 0 Å². The van der Waals surface area contributed by atoms with Crippen LogP contribution in [0.25, 0.3) is 33.4 Å². The molecule has 1 saturated carbocycles. The van der Waals surface area contributed by atoms with Gasteiger partial charge < -0.3 is 79.6 Å². The third-order valence-corrected chi connectivity index (χ3v) is 24.5. The van der Waals surface area contributed by atoms with Gasteiger partial charge in [-0.25, -0.2) is 44.2 Å². The fourth-order valence-corrected chi connectivity index (χ4v) is 17.2. The van der Waals surface area contributed by atoms with Crippen molar-refractivity contribution in [1.29, 1.82) is 0 Å². The minimum Gasteiger partial charge on any atom is -0.460 e. The Morgan fingerprint density at radius 1 is 0.710 bits per heavy atom. The Morgan fingerprint density at radius 3 is 2.22 bits per heavy atom. The highest BCUT2D eigenvalue weighted by molar-refractivity contribution is 6.38. The highest BCUT2D eigenvalue weighted by Gasteiger charge is 2.42. The lowest BCUT2D eigenvalue weighted by atomic mass is 9.83. The molecule has 662 valence electrons. The molecule has 6 aliphatic rings. The molecular formula is C91H117N17O16. The van der Waals surface area contributed by atoms with Crippen molar-refractivity contribution in [3.05, 3.63) is 143 Å². The molecule has 2 aromatic carbocycles. The van der Waals surface area contributed by atoms with Crippen LogP contribution in [0, 0.1) is 23.7 Å². The Morgan fingerprint density at radius 2 is 1.46 bits per heavy atom. The predicted octanol–water partition coefficient (Wildman–Crippen LogP) is 9.86. The molecule has 33 heteroatoms. The number of hydrogen-bond donors (Lipinski definition) is 5. The average molecular weight is 1710 g/mol. The molecule has 5 aromatic heterocycles. The Bertz CT molecular complexity index is 5010. The molecule has 3 saturated heterocycles. The van der Waals surface area contributed by atoms with Gasteiger partial charge in [0.15, 0.2) is 11.2 Å². The van der Waals surface area contributed by atoms with Crippen molar-refractivity contribution < 1.29 is 76.3 Å². The zero-order valence-electron chi connectivity index (χ0n) is 71.8. The third kappa shape index (κ3) is 24.2. The number of anilines is 4. The molecule has 9 atom stereocenters. The van der Waals surface area contributed by atoms with E-state index in [1.54, 1.807) is 45.5 Å². The van der Waals surface area contributed by atoms with Gasteiger partial charge in [0.2, 0.25) is 23.6 Å². The fraction of sp³-hybridized carbons (Fsp3) is 0.538. The van der Waals surface area contributed by atoms with Gasteiger partial charge in [0.05, 0.1) is 68.7 Å². The van der Waals surface area contributed by atoms with Gasteiger partial charge in [0, 0.05) is 133 Å². The molecule has 13 rings (SSSR count). The number of methoxy groups -OCH3 is 1. The monoisotopic (exact) mass is 1700 g/mol. The van der Waals surface area contributed by atoms with Gasteiger partial charge in [-0.1, -0.05) is 75.4 Å². The van der Waals surface area contributed by atoms with Gasteiger partial charge in [-0.3, -0.25) is 28.8 Å². The van der Waals surface area contributed by atoms with Crippen LogP contribution in [0.4, 0.5) is 28.5 Å². The molecule has 4 fully saturated rings. The van der Waals surface area contributed by atoms with E-state index in [9.17, 15) is 43.5 Å². The predicted molar refractivity (Wildman–Crippen MR) is 463 cm³/mol. The van der Waals surface area contributed by atoms with Gasteiger partial charge in [-0.05, 0) is 162 Å². The van der Waals surface area contributed by atoms with Crippen molar-refractivity contribution in [1.82, 2.24) is 65.1 Å². The minimum atomic E-state index is -1.09. The number of aliphatic hydroxyl groups excluding tert-OH is 1. The number of amides is 4. The summed E-state index contributed by atoms with van der Waals surface area (Å²) in [4.78, 5) is 149. The number of carbonyl (C=O) groups is 8. The number of esters is 1. The number of hydrogen-bond acceptors (Lipinski definition) is 28. The molecule has 2 unspecified atom stereocenters. The zero-order valence-corrected chi connectivity index (χ0v) is 71.8. The van der Waals surface area contributed by atoms with Gasteiger partial charge in [0.1, 0.15) is 59.3 Å². The molecule has 5 aliphatic heterocycles. The first-order valence-corrected chi connectivity index (χ1v) is 43.7. The van der Waals surface area contributed by atoms with E-state index in [-0.39, 0.29) is 131 Å². The maximum atomic E-state index is 14.5. The number of rotatable bonds is 22. The topological polar surface area (TPSA) is 422 Å². The van der Waals surface area contributed by atoms with Crippen molar-refractivity contribution in [3.63, 3.8) is 0 Å². The number of carbonyl (C=O) groups excluding carboxylic acids is 8. The number of fused-ring (bicyclic) bond motifs is 6. The van der Waals surface area contributed by atoms with Gasteiger partial charge in [-0.15, -0.1) is 0 Å². The maximum absolute atomic E-state index is 14.5. The molecule has 33 nitrogen and oxygen atoms in total. The number of alkyl carbamates (subject to hydrolysis) is 1. The van der Waals surface area contributed by atoms with Crippen LogP contribution < -0.4 is 31.9 Å². The van der Waals surface area contributed by atoms with Crippen LogP contribution in [0.1, 0.15) is 176 Å². The van der Waals surface area contributed by atoms with E-state index in [1.807, 2.05) is 83.8 Å². The summed E-state index contributed by atoms with van der Waals surface area (Å²) in [5.41, 5.74) is 21.1.